The second kappa shape index (κ2) is 6.83. The monoisotopic (exact) mass is 298 g/mol. The van der Waals surface area contributed by atoms with E-state index in [1.54, 1.807) is 12.1 Å². The van der Waals surface area contributed by atoms with Crippen LogP contribution in [0.2, 0.25) is 18.1 Å². The van der Waals surface area contributed by atoms with Gasteiger partial charge in [0.05, 0.1) is 6.10 Å². The van der Waals surface area contributed by atoms with Crippen molar-refractivity contribution in [3.8, 4) is 0 Å². The molecule has 0 saturated carbocycles. The molecule has 0 spiro atoms. The van der Waals surface area contributed by atoms with Crippen molar-refractivity contribution in [2.75, 3.05) is 6.61 Å². The minimum absolute atomic E-state index is 0.0661. The molecule has 0 radical (unpaired) electrons. The van der Waals surface area contributed by atoms with Gasteiger partial charge in [-0.3, -0.25) is 0 Å². The van der Waals surface area contributed by atoms with Crippen molar-refractivity contribution in [1.29, 1.82) is 0 Å². The third-order valence-corrected chi connectivity index (χ3v) is 8.60. The Balaban J connectivity index is 2.92. The summed E-state index contributed by atoms with van der Waals surface area (Å²) in [6, 6.07) is 6.50. The van der Waals surface area contributed by atoms with E-state index in [0.717, 1.165) is 12.0 Å². The van der Waals surface area contributed by atoms with Crippen molar-refractivity contribution in [2.45, 2.75) is 57.8 Å². The van der Waals surface area contributed by atoms with Crippen LogP contribution in [0.4, 0.5) is 4.39 Å². The normalized spacial score (nSPS) is 14.3. The molecule has 0 saturated heterocycles. The highest BCUT2D eigenvalue weighted by atomic mass is 28.4. The van der Waals surface area contributed by atoms with Crippen LogP contribution in [-0.2, 0) is 4.43 Å². The molecule has 1 atom stereocenters. The summed E-state index contributed by atoms with van der Waals surface area (Å²) in [4.78, 5) is 0. The van der Waals surface area contributed by atoms with Crippen LogP contribution in [0.5, 0.6) is 0 Å². The summed E-state index contributed by atoms with van der Waals surface area (Å²) in [6.07, 6.45) is 1.38. The summed E-state index contributed by atoms with van der Waals surface area (Å²) in [7, 11) is -1.89. The molecule has 0 aliphatic rings. The van der Waals surface area contributed by atoms with Crippen molar-refractivity contribution in [3.05, 3.63) is 35.6 Å². The maximum atomic E-state index is 13.1. The zero-order valence-electron chi connectivity index (χ0n) is 13.2. The van der Waals surface area contributed by atoms with Gasteiger partial charge < -0.3 is 9.53 Å². The Labute approximate surface area is 123 Å². The topological polar surface area (TPSA) is 29.5 Å². The summed E-state index contributed by atoms with van der Waals surface area (Å²) in [6.45, 7) is 11.2. The molecule has 2 nitrogen and oxygen atoms in total. The van der Waals surface area contributed by atoms with Crippen LogP contribution in [-0.4, -0.2) is 20.0 Å². The number of aliphatic hydroxyl groups excluding tert-OH is 1. The second-order valence-electron chi connectivity index (χ2n) is 6.78. The molecule has 0 amide bonds. The number of benzene rings is 1. The van der Waals surface area contributed by atoms with Gasteiger partial charge >= 0.3 is 0 Å². The highest BCUT2D eigenvalue weighted by Crippen LogP contribution is 2.40. The first-order valence-corrected chi connectivity index (χ1v) is 10.1. The molecular weight excluding hydrogens is 271 g/mol. The number of hydrogen-bond acceptors (Lipinski definition) is 2. The molecule has 0 aliphatic carbocycles. The first-order valence-electron chi connectivity index (χ1n) is 7.21. The van der Waals surface area contributed by atoms with Gasteiger partial charge in [0.15, 0.2) is 8.32 Å². The van der Waals surface area contributed by atoms with Gasteiger partial charge in [-0.05, 0) is 48.7 Å². The van der Waals surface area contributed by atoms with E-state index in [0.29, 0.717) is 6.42 Å². The largest absolute Gasteiger partial charge is 0.410 e. The van der Waals surface area contributed by atoms with Gasteiger partial charge in [0.1, 0.15) is 5.82 Å². The van der Waals surface area contributed by atoms with E-state index in [9.17, 15) is 4.39 Å². The summed E-state index contributed by atoms with van der Waals surface area (Å²) >= 11 is 0. The van der Waals surface area contributed by atoms with Crippen molar-refractivity contribution in [2.24, 2.45) is 0 Å². The van der Waals surface area contributed by atoms with Gasteiger partial charge in [0, 0.05) is 6.61 Å². The van der Waals surface area contributed by atoms with Crippen LogP contribution >= 0.6 is 0 Å². The van der Waals surface area contributed by atoms with Gasteiger partial charge in [-0.1, -0.05) is 32.9 Å². The van der Waals surface area contributed by atoms with Crippen LogP contribution in [0, 0.1) is 5.82 Å². The zero-order chi connectivity index (χ0) is 15.4. The van der Waals surface area contributed by atoms with Crippen molar-refractivity contribution >= 4 is 8.32 Å². The average Bonchev–Trinajstić information content (AvgIpc) is 2.34. The molecule has 0 aliphatic heterocycles. The Hall–Kier alpha value is -0.713. The molecule has 20 heavy (non-hydrogen) atoms. The molecule has 1 aromatic carbocycles. The average molecular weight is 298 g/mol. The lowest BCUT2D eigenvalue weighted by molar-refractivity contribution is 0.158. The van der Waals surface area contributed by atoms with E-state index in [1.165, 1.54) is 12.1 Å². The lowest BCUT2D eigenvalue weighted by atomic mass is 10.1. The van der Waals surface area contributed by atoms with Gasteiger partial charge in [-0.2, -0.15) is 0 Å². The molecule has 0 heterocycles. The van der Waals surface area contributed by atoms with E-state index < -0.39 is 8.32 Å². The van der Waals surface area contributed by atoms with Crippen LogP contribution < -0.4 is 0 Å². The third-order valence-electron chi connectivity index (χ3n) is 4.11. The molecule has 1 rings (SSSR count). The summed E-state index contributed by atoms with van der Waals surface area (Å²) in [5, 5.41) is 9.19. The minimum atomic E-state index is -1.89. The standard InChI is InChI=1S/C16H27FO2Si/c1-16(2,3)20(4,5)19-15(7-6-12-18)13-8-10-14(17)11-9-13/h8-11,15,18H,6-7,12H2,1-5H3/t15-/m0/s1. The molecular formula is C16H27FO2Si. The summed E-state index contributed by atoms with van der Waals surface area (Å²) in [5.74, 6) is -0.234. The van der Waals surface area contributed by atoms with Crippen LogP contribution in [0.3, 0.4) is 0 Å². The first kappa shape index (κ1) is 17.3. The SMILES string of the molecule is CC(C)(C)[Si](C)(C)O[C@@H](CCCO)c1ccc(F)cc1. The molecule has 114 valence electrons. The highest BCUT2D eigenvalue weighted by molar-refractivity contribution is 6.74. The fraction of sp³-hybridized carbons (Fsp3) is 0.625. The van der Waals surface area contributed by atoms with E-state index in [4.69, 9.17) is 9.53 Å². The van der Waals surface area contributed by atoms with E-state index in [2.05, 4.69) is 33.9 Å². The van der Waals surface area contributed by atoms with Crippen LogP contribution in [0.15, 0.2) is 24.3 Å². The van der Waals surface area contributed by atoms with Crippen molar-refractivity contribution in [3.63, 3.8) is 0 Å². The molecule has 1 N–H and O–H groups in total. The van der Waals surface area contributed by atoms with Crippen molar-refractivity contribution < 1.29 is 13.9 Å². The number of hydrogen-bond donors (Lipinski definition) is 1. The Morgan fingerprint density at radius 3 is 2.20 bits per heavy atom. The lowest BCUT2D eigenvalue weighted by Gasteiger charge is -2.39. The van der Waals surface area contributed by atoms with Gasteiger partial charge in [0.2, 0.25) is 0 Å². The smallest absolute Gasteiger partial charge is 0.192 e. The van der Waals surface area contributed by atoms with Gasteiger partial charge in [-0.25, -0.2) is 4.39 Å². The molecule has 0 unspecified atom stereocenters. The molecule has 0 bridgehead atoms. The number of aliphatic hydroxyl groups is 1. The molecule has 1 aromatic rings. The first-order chi connectivity index (χ1) is 9.17. The fourth-order valence-electron chi connectivity index (χ4n) is 1.78. The Kier molecular flexibility index (Phi) is 5.92. The maximum absolute atomic E-state index is 13.1. The fourth-order valence-corrected chi connectivity index (χ4v) is 3.10. The Morgan fingerprint density at radius 1 is 1.20 bits per heavy atom. The summed E-state index contributed by atoms with van der Waals surface area (Å²) < 4.78 is 19.5. The zero-order valence-corrected chi connectivity index (χ0v) is 14.2. The Morgan fingerprint density at radius 2 is 1.75 bits per heavy atom. The maximum Gasteiger partial charge on any atom is 0.192 e. The second-order valence-corrected chi connectivity index (χ2v) is 11.5. The predicted octanol–water partition coefficient (Wildman–Crippen LogP) is 4.66. The highest BCUT2D eigenvalue weighted by Gasteiger charge is 2.39. The quantitative estimate of drug-likeness (QED) is 0.774. The summed E-state index contributed by atoms with van der Waals surface area (Å²) in [5.41, 5.74) is 0.990. The van der Waals surface area contributed by atoms with Gasteiger partial charge in [-0.15, -0.1) is 0 Å². The Bertz CT molecular complexity index is 409. The van der Waals surface area contributed by atoms with Crippen molar-refractivity contribution in [1.82, 2.24) is 0 Å². The number of rotatable bonds is 6. The van der Waals surface area contributed by atoms with E-state index in [1.807, 2.05) is 0 Å². The lowest BCUT2D eigenvalue weighted by Crippen LogP contribution is -2.41. The molecule has 0 fully saturated rings. The van der Waals surface area contributed by atoms with Crippen LogP contribution in [0.1, 0.15) is 45.3 Å². The number of halogens is 1. The van der Waals surface area contributed by atoms with Crippen LogP contribution in [0.25, 0.3) is 0 Å². The predicted molar refractivity (Wildman–Crippen MR) is 83.7 cm³/mol. The third kappa shape index (κ3) is 4.68. The van der Waals surface area contributed by atoms with Gasteiger partial charge in [0.25, 0.3) is 0 Å². The van der Waals surface area contributed by atoms with E-state index >= 15 is 0 Å². The molecule has 0 aromatic heterocycles. The minimum Gasteiger partial charge on any atom is -0.410 e. The van der Waals surface area contributed by atoms with E-state index in [-0.39, 0.29) is 23.6 Å². The molecule has 4 heteroatoms.